The van der Waals surface area contributed by atoms with Crippen molar-refractivity contribution < 1.29 is 9.53 Å². The molecule has 1 N–H and O–H groups in total. The van der Waals surface area contributed by atoms with Gasteiger partial charge in [0, 0.05) is 4.47 Å². The number of hydrazone groups is 1. The van der Waals surface area contributed by atoms with E-state index in [0.717, 1.165) is 21.3 Å². The lowest BCUT2D eigenvalue weighted by Crippen LogP contribution is -2.24. The third-order valence-corrected chi connectivity index (χ3v) is 4.64. The Morgan fingerprint density at radius 2 is 1.76 bits per heavy atom. The fourth-order valence-electron chi connectivity index (χ4n) is 2.56. The van der Waals surface area contributed by atoms with Crippen molar-refractivity contribution in [3.63, 3.8) is 0 Å². The normalized spacial score (nSPS) is 11.6. The predicted octanol–water partition coefficient (Wildman–Crippen LogP) is 4.79. The summed E-state index contributed by atoms with van der Waals surface area (Å²) in [4.78, 5) is 12.2. The number of carbonyl (C=O) groups is 1. The molecule has 1 amide bonds. The molecule has 3 aromatic carbocycles. The maximum atomic E-state index is 12.2. The van der Waals surface area contributed by atoms with Crippen LogP contribution in [0.5, 0.6) is 5.75 Å². The van der Waals surface area contributed by atoms with E-state index in [2.05, 4.69) is 26.5 Å². The van der Waals surface area contributed by atoms with Crippen LogP contribution in [-0.4, -0.2) is 12.1 Å². The molecule has 0 unspecified atom stereocenters. The number of halogens is 1. The number of amides is 1. The number of hydrogen-bond donors (Lipinski definition) is 1. The van der Waals surface area contributed by atoms with Crippen LogP contribution in [0, 0.1) is 11.3 Å². The van der Waals surface area contributed by atoms with Crippen LogP contribution in [0.4, 0.5) is 0 Å². The second-order valence-corrected chi connectivity index (χ2v) is 7.11. The van der Waals surface area contributed by atoms with Gasteiger partial charge in [-0.3, -0.25) is 4.79 Å². The van der Waals surface area contributed by atoms with Crippen molar-refractivity contribution in [2.24, 2.45) is 5.10 Å². The van der Waals surface area contributed by atoms with Crippen molar-refractivity contribution >= 4 is 28.1 Å². The minimum absolute atomic E-state index is 0.468. The van der Waals surface area contributed by atoms with E-state index in [1.54, 1.807) is 24.3 Å². The molecule has 0 aliphatic rings. The van der Waals surface area contributed by atoms with E-state index >= 15 is 0 Å². The van der Waals surface area contributed by atoms with Gasteiger partial charge in [0.1, 0.15) is 12.4 Å². The van der Waals surface area contributed by atoms with E-state index in [-0.39, 0.29) is 0 Å². The number of hydrogen-bond acceptors (Lipinski definition) is 4. The van der Waals surface area contributed by atoms with Gasteiger partial charge in [0.05, 0.1) is 12.3 Å². The number of rotatable bonds is 7. The lowest BCUT2D eigenvalue weighted by atomic mass is 10.0. The highest BCUT2D eigenvalue weighted by Gasteiger charge is 2.19. The minimum Gasteiger partial charge on any atom is -0.489 e. The topological polar surface area (TPSA) is 74.5 Å². The molecule has 0 aromatic heterocycles. The fourth-order valence-corrected chi connectivity index (χ4v) is 2.83. The number of ether oxygens (including phenoxy) is 1. The SMILES string of the molecule is N#C[C@H](C(=O)N/N=C\c1ccc(OCc2ccc(Br)cc2)cc1)c1ccccc1. The summed E-state index contributed by atoms with van der Waals surface area (Å²) in [6.45, 7) is 0.478. The Labute approximate surface area is 177 Å². The van der Waals surface area contributed by atoms with Crippen LogP contribution in [0.3, 0.4) is 0 Å². The summed E-state index contributed by atoms with van der Waals surface area (Å²) in [6, 6.07) is 26.2. The van der Waals surface area contributed by atoms with E-state index in [1.165, 1.54) is 6.21 Å². The Hall–Kier alpha value is -3.43. The van der Waals surface area contributed by atoms with E-state index in [9.17, 15) is 10.1 Å². The molecule has 3 aromatic rings. The van der Waals surface area contributed by atoms with Gasteiger partial charge in [0.25, 0.3) is 5.91 Å². The maximum Gasteiger partial charge on any atom is 0.261 e. The van der Waals surface area contributed by atoms with Gasteiger partial charge < -0.3 is 4.74 Å². The Balaban J connectivity index is 1.52. The lowest BCUT2D eigenvalue weighted by molar-refractivity contribution is -0.121. The van der Waals surface area contributed by atoms with Crippen LogP contribution in [0.15, 0.2) is 88.4 Å². The summed E-state index contributed by atoms with van der Waals surface area (Å²) < 4.78 is 6.79. The first kappa shape index (κ1) is 20.3. The van der Waals surface area contributed by atoms with Crippen molar-refractivity contribution in [3.05, 3.63) is 100 Å². The highest BCUT2D eigenvalue weighted by Crippen LogP contribution is 2.16. The third-order valence-electron chi connectivity index (χ3n) is 4.11. The molecule has 0 spiro atoms. The standard InChI is InChI=1S/C23H18BrN3O2/c24-20-10-6-18(7-11-20)16-29-21-12-8-17(9-13-21)15-26-27-23(28)22(14-25)19-4-2-1-3-5-19/h1-13,15,22H,16H2,(H,27,28)/b26-15-/t22-/m0/s1. The van der Waals surface area contributed by atoms with Crippen LogP contribution in [0.2, 0.25) is 0 Å². The van der Waals surface area contributed by atoms with Crippen LogP contribution < -0.4 is 10.2 Å². The number of nitrogens with one attached hydrogen (secondary N) is 1. The average molecular weight is 448 g/mol. The summed E-state index contributed by atoms with van der Waals surface area (Å²) in [5.41, 5.74) is 4.93. The smallest absolute Gasteiger partial charge is 0.261 e. The van der Waals surface area contributed by atoms with Gasteiger partial charge >= 0.3 is 0 Å². The molecule has 0 aliphatic carbocycles. The van der Waals surface area contributed by atoms with Gasteiger partial charge in [-0.05, 0) is 53.1 Å². The molecule has 0 radical (unpaired) electrons. The van der Waals surface area contributed by atoms with E-state index in [1.807, 2.05) is 60.7 Å². The number of benzene rings is 3. The number of carbonyl (C=O) groups excluding carboxylic acids is 1. The Morgan fingerprint density at radius 1 is 1.07 bits per heavy atom. The Bertz CT molecular complexity index is 1010. The van der Waals surface area contributed by atoms with Crippen molar-refractivity contribution in [2.45, 2.75) is 12.5 Å². The minimum atomic E-state index is -0.900. The first-order valence-electron chi connectivity index (χ1n) is 8.90. The molecule has 0 saturated heterocycles. The third kappa shape index (κ3) is 6.03. The summed E-state index contributed by atoms with van der Waals surface area (Å²) in [5.74, 6) is -0.630. The molecule has 0 fully saturated rings. The first-order chi connectivity index (χ1) is 14.2. The molecular formula is C23H18BrN3O2. The van der Waals surface area contributed by atoms with Crippen LogP contribution in [0.1, 0.15) is 22.6 Å². The highest BCUT2D eigenvalue weighted by atomic mass is 79.9. The van der Waals surface area contributed by atoms with Gasteiger partial charge in [0.15, 0.2) is 5.92 Å². The number of nitriles is 1. The maximum absolute atomic E-state index is 12.2. The highest BCUT2D eigenvalue weighted by molar-refractivity contribution is 9.10. The number of nitrogens with zero attached hydrogens (tertiary/aromatic N) is 2. The molecule has 0 bridgehead atoms. The van der Waals surface area contributed by atoms with E-state index in [0.29, 0.717) is 12.2 Å². The molecular weight excluding hydrogens is 430 g/mol. The zero-order valence-electron chi connectivity index (χ0n) is 15.5. The summed E-state index contributed by atoms with van der Waals surface area (Å²) in [7, 11) is 0. The van der Waals surface area contributed by atoms with Gasteiger partial charge in [0.2, 0.25) is 0 Å². The van der Waals surface area contributed by atoms with Crippen molar-refractivity contribution in [3.8, 4) is 11.8 Å². The van der Waals surface area contributed by atoms with Crippen LogP contribution >= 0.6 is 15.9 Å². The van der Waals surface area contributed by atoms with Crippen molar-refractivity contribution in [1.82, 2.24) is 5.43 Å². The molecule has 5 nitrogen and oxygen atoms in total. The molecule has 6 heteroatoms. The second kappa shape index (κ2) is 10.2. The van der Waals surface area contributed by atoms with Crippen LogP contribution in [0.25, 0.3) is 0 Å². The zero-order valence-corrected chi connectivity index (χ0v) is 17.0. The van der Waals surface area contributed by atoms with E-state index < -0.39 is 11.8 Å². The average Bonchev–Trinajstić information content (AvgIpc) is 2.75. The molecule has 0 saturated carbocycles. The largest absolute Gasteiger partial charge is 0.489 e. The lowest BCUT2D eigenvalue weighted by Gasteiger charge is -2.07. The molecule has 1 atom stereocenters. The first-order valence-corrected chi connectivity index (χ1v) is 9.70. The van der Waals surface area contributed by atoms with Gasteiger partial charge in [-0.2, -0.15) is 10.4 Å². The molecule has 3 rings (SSSR count). The monoisotopic (exact) mass is 447 g/mol. The van der Waals surface area contributed by atoms with Gasteiger partial charge in [-0.25, -0.2) is 5.43 Å². The Morgan fingerprint density at radius 3 is 2.41 bits per heavy atom. The molecule has 0 aliphatic heterocycles. The quantitative estimate of drug-likeness (QED) is 0.418. The van der Waals surface area contributed by atoms with E-state index in [4.69, 9.17) is 4.74 Å². The predicted molar refractivity (Wildman–Crippen MR) is 115 cm³/mol. The Kier molecular flexibility index (Phi) is 7.15. The fraction of sp³-hybridized carbons (Fsp3) is 0.0870. The molecule has 144 valence electrons. The van der Waals surface area contributed by atoms with Crippen molar-refractivity contribution in [2.75, 3.05) is 0 Å². The molecule has 29 heavy (non-hydrogen) atoms. The van der Waals surface area contributed by atoms with Crippen LogP contribution in [-0.2, 0) is 11.4 Å². The molecule has 0 heterocycles. The van der Waals surface area contributed by atoms with Gasteiger partial charge in [-0.15, -0.1) is 0 Å². The summed E-state index contributed by atoms with van der Waals surface area (Å²) >= 11 is 3.41. The van der Waals surface area contributed by atoms with Crippen molar-refractivity contribution in [1.29, 1.82) is 5.26 Å². The second-order valence-electron chi connectivity index (χ2n) is 6.19. The zero-order chi connectivity index (χ0) is 20.5. The summed E-state index contributed by atoms with van der Waals surface area (Å²) in [5, 5.41) is 13.2. The van der Waals surface area contributed by atoms with Gasteiger partial charge in [-0.1, -0.05) is 58.4 Å². The summed E-state index contributed by atoms with van der Waals surface area (Å²) in [6.07, 6.45) is 1.52.